The molecule has 0 saturated carbocycles. The standard InChI is InChI=1S/C13H16N2O5/c1-20-12(17)3-2-10(13(18)19)15-11(16)8-9-4-6-14-7-5-9/h4-7,10H,2-3,8H2,1H3,(H,15,16)(H,18,19). The van der Waals surface area contributed by atoms with Crippen LogP contribution >= 0.6 is 0 Å². The number of nitrogens with one attached hydrogen (secondary N) is 1. The molecule has 1 heterocycles. The minimum absolute atomic E-state index is 0.00983. The Morgan fingerprint density at radius 3 is 2.55 bits per heavy atom. The van der Waals surface area contributed by atoms with Gasteiger partial charge in [0.05, 0.1) is 13.5 Å². The molecule has 20 heavy (non-hydrogen) atoms. The first-order chi connectivity index (χ1) is 9.52. The van der Waals surface area contributed by atoms with Crippen molar-refractivity contribution >= 4 is 17.8 Å². The highest BCUT2D eigenvalue weighted by Gasteiger charge is 2.21. The number of esters is 1. The van der Waals surface area contributed by atoms with E-state index in [0.29, 0.717) is 0 Å². The van der Waals surface area contributed by atoms with Crippen LogP contribution in [0.25, 0.3) is 0 Å². The average Bonchev–Trinajstić information content (AvgIpc) is 2.43. The van der Waals surface area contributed by atoms with Crippen LogP contribution in [0, 0.1) is 0 Å². The van der Waals surface area contributed by atoms with Gasteiger partial charge >= 0.3 is 11.9 Å². The zero-order valence-corrected chi connectivity index (χ0v) is 11.0. The smallest absolute Gasteiger partial charge is 0.326 e. The van der Waals surface area contributed by atoms with E-state index in [1.165, 1.54) is 7.11 Å². The number of rotatable bonds is 7. The number of carboxylic acids is 1. The highest BCUT2D eigenvalue weighted by molar-refractivity contribution is 5.85. The minimum Gasteiger partial charge on any atom is -0.480 e. The lowest BCUT2D eigenvalue weighted by Crippen LogP contribution is -2.41. The van der Waals surface area contributed by atoms with Crippen LogP contribution in [0.1, 0.15) is 18.4 Å². The molecule has 1 rings (SSSR count). The van der Waals surface area contributed by atoms with E-state index < -0.39 is 23.9 Å². The number of pyridine rings is 1. The number of carbonyl (C=O) groups is 3. The Morgan fingerprint density at radius 1 is 1.35 bits per heavy atom. The molecule has 2 N–H and O–H groups in total. The Balaban J connectivity index is 2.50. The molecule has 0 aromatic carbocycles. The van der Waals surface area contributed by atoms with Crippen LogP contribution in [0.2, 0.25) is 0 Å². The number of carbonyl (C=O) groups excluding carboxylic acids is 2. The molecule has 1 aromatic heterocycles. The molecule has 0 aliphatic heterocycles. The van der Waals surface area contributed by atoms with Gasteiger partial charge < -0.3 is 15.2 Å². The van der Waals surface area contributed by atoms with E-state index in [1.807, 2.05) is 0 Å². The van der Waals surface area contributed by atoms with Crippen molar-refractivity contribution in [1.29, 1.82) is 0 Å². The maximum absolute atomic E-state index is 11.7. The normalized spacial score (nSPS) is 11.4. The third-order valence-electron chi connectivity index (χ3n) is 2.61. The van der Waals surface area contributed by atoms with Gasteiger partial charge in [-0.2, -0.15) is 0 Å². The molecule has 108 valence electrons. The number of nitrogens with zero attached hydrogens (tertiary/aromatic N) is 1. The van der Waals surface area contributed by atoms with Crippen molar-refractivity contribution in [1.82, 2.24) is 10.3 Å². The van der Waals surface area contributed by atoms with Crippen molar-refractivity contribution in [3.05, 3.63) is 30.1 Å². The van der Waals surface area contributed by atoms with Crippen LogP contribution in [0.3, 0.4) is 0 Å². The summed E-state index contributed by atoms with van der Waals surface area (Å²) in [6.45, 7) is 0. The molecule has 1 unspecified atom stereocenters. The molecule has 7 nitrogen and oxygen atoms in total. The van der Waals surface area contributed by atoms with Crippen LogP contribution in [0.5, 0.6) is 0 Å². The maximum Gasteiger partial charge on any atom is 0.326 e. The molecule has 0 radical (unpaired) electrons. The molecule has 0 saturated heterocycles. The Morgan fingerprint density at radius 2 is 2.00 bits per heavy atom. The van der Waals surface area contributed by atoms with Crippen LogP contribution < -0.4 is 5.32 Å². The van der Waals surface area contributed by atoms with Crippen LogP contribution in [-0.2, 0) is 25.5 Å². The Kier molecular flexibility index (Phi) is 6.15. The topological polar surface area (TPSA) is 106 Å². The maximum atomic E-state index is 11.7. The second-order valence-corrected chi connectivity index (χ2v) is 4.11. The van der Waals surface area contributed by atoms with Crippen LogP contribution in [0.4, 0.5) is 0 Å². The van der Waals surface area contributed by atoms with E-state index in [9.17, 15) is 14.4 Å². The van der Waals surface area contributed by atoms with E-state index in [-0.39, 0.29) is 19.3 Å². The van der Waals surface area contributed by atoms with Gasteiger partial charge in [0.25, 0.3) is 0 Å². The molecule has 1 aromatic rings. The fourth-order valence-electron chi connectivity index (χ4n) is 1.55. The third kappa shape index (κ3) is 5.47. The minimum atomic E-state index is -1.18. The Bertz CT molecular complexity index is 475. The Hall–Kier alpha value is -2.44. The van der Waals surface area contributed by atoms with Gasteiger partial charge in [-0.1, -0.05) is 0 Å². The molecule has 1 amide bonds. The van der Waals surface area contributed by atoms with Crippen molar-refractivity contribution in [3.63, 3.8) is 0 Å². The average molecular weight is 280 g/mol. The summed E-state index contributed by atoms with van der Waals surface area (Å²) in [5.74, 6) is -2.12. The SMILES string of the molecule is COC(=O)CCC(NC(=O)Cc1ccncc1)C(=O)O. The molecular weight excluding hydrogens is 264 g/mol. The summed E-state index contributed by atoms with van der Waals surface area (Å²) in [6, 6.07) is 2.23. The number of methoxy groups -OCH3 is 1. The van der Waals surface area contributed by atoms with Gasteiger partial charge in [-0.15, -0.1) is 0 Å². The van der Waals surface area contributed by atoms with Gasteiger partial charge in [0.2, 0.25) is 5.91 Å². The van der Waals surface area contributed by atoms with Crippen molar-refractivity contribution in [2.75, 3.05) is 7.11 Å². The summed E-state index contributed by atoms with van der Waals surface area (Å²) in [6.07, 6.45) is 3.08. The summed E-state index contributed by atoms with van der Waals surface area (Å²) in [5, 5.41) is 11.4. The van der Waals surface area contributed by atoms with E-state index >= 15 is 0 Å². The summed E-state index contributed by atoms with van der Waals surface area (Å²) in [4.78, 5) is 37.5. The Labute approximate surface area is 116 Å². The number of hydrogen-bond acceptors (Lipinski definition) is 5. The lowest BCUT2D eigenvalue weighted by Gasteiger charge is -2.13. The monoisotopic (exact) mass is 280 g/mol. The molecular formula is C13H16N2O5. The first-order valence-electron chi connectivity index (χ1n) is 6.01. The summed E-state index contributed by atoms with van der Waals surface area (Å²) in [5.41, 5.74) is 0.731. The first-order valence-corrected chi connectivity index (χ1v) is 6.01. The van der Waals surface area contributed by atoms with E-state index in [1.54, 1.807) is 24.5 Å². The molecule has 1 atom stereocenters. The van der Waals surface area contributed by atoms with Gasteiger partial charge in [-0.3, -0.25) is 14.6 Å². The highest BCUT2D eigenvalue weighted by Crippen LogP contribution is 2.02. The molecule has 0 aliphatic rings. The zero-order valence-electron chi connectivity index (χ0n) is 11.0. The fourth-order valence-corrected chi connectivity index (χ4v) is 1.55. The fraction of sp³-hybridized carbons (Fsp3) is 0.385. The van der Waals surface area contributed by atoms with Crippen molar-refractivity contribution in [3.8, 4) is 0 Å². The molecule has 7 heteroatoms. The van der Waals surface area contributed by atoms with E-state index in [0.717, 1.165) is 5.56 Å². The first kappa shape index (κ1) is 15.6. The van der Waals surface area contributed by atoms with Gasteiger partial charge in [0.1, 0.15) is 6.04 Å². The molecule has 0 spiro atoms. The zero-order chi connectivity index (χ0) is 15.0. The predicted molar refractivity (Wildman–Crippen MR) is 68.8 cm³/mol. The lowest BCUT2D eigenvalue weighted by atomic mass is 10.1. The number of carboxylic acid groups (broad SMARTS) is 1. The van der Waals surface area contributed by atoms with E-state index in [4.69, 9.17) is 5.11 Å². The van der Waals surface area contributed by atoms with Gasteiger partial charge in [0.15, 0.2) is 0 Å². The van der Waals surface area contributed by atoms with Crippen molar-refractivity contribution < 1.29 is 24.2 Å². The molecule has 0 bridgehead atoms. The summed E-state index contributed by atoms with van der Waals surface area (Å²) in [7, 11) is 1.22. The highest BCUT2D eigenvalue weighted by atomic mass is 16.5. The second kappa shape index (κ2) is 7.88. The quantitative estimate of drug-likeness (QED) is 0.688. The van der Waals surface area contributed by atoms with Crippen molar-refractivity contribution in [2.24, 2.45) is 0 Å². The molecule has 0 aliphatic carbocycles. The number of ether oxygens (including phenoxy) is 1. The lowest BCUT2D eigenvalue weighted by molar-refractivity contribution is -0.144. The van der Waals surface area contributed by atoms with Crippen LogP contribution in [-0.4, -0.2) is 41.1 Å². The largest absolute Gasteiger partial charge is 0.480 e. The second-order valence-electron chi connectivity index (χ2n) is 4.11. The summed E-state index contributed by atoms with van der Waals surface area (Å²) < 4.78 is 4.43. The van der Waals surface area contributed by atoms with Gasteiger partial charge in [0, 0.05) is 18.8 Å². The number of aromatic nitrogens is 1. The van der Waals surface area contributed by atoms with Crippen molar-refractivity contribution in [2.45, 2.75) is 25.3 Å². The van der Waals surface area contributed by atoms with Gasteiger partial charge in [-0.25, -0.2) is 4.79 Å². The van der Waals surface area contributed by atoms with Gasteiger partial charge in [-0.05, 0) is 24.1 Å². The van der Waals surface area contributed by atoms with E-state index in [2.05, 4.69) is 15.0 Å². The third-order valence-corrected chi connectivity index (χ3v) is 2.61. The number of amides is 1. The number of aliphatic carboxylic acids is 1. The van der Waals surface area contributed by atoms with Crippen LogP contribution in [0.15, 0.2) is 24.5 Å². The predicted octanol–water partition coefficient (Wildman–Crippen LogP) is 0.147. The molecule has 0 fully saturated rings. The number of hydrogen-bond donors (Lipinski definition) is 2. The summed E-state index contributed by atoms with van der Waals surface area (Å²) >= 11 is 0.